The van der Waals surface area contributed by atoms with Gasteiger partial charge in [0, 0.05) is 17.5 Å². The van der Waals surface area contributed by atoms with Crippen LogP contribution in [0.2, 0.25) is 5.02 Å². The zero-order chi connectivity index (χ0) is 16.7. The van der Waals surface area contributed by atoms with E-state index in [0.29, 0.717) is 5.92 Å². The third-order valence-corrected chi connectivity index (χ3v) is 5.42. The second kappa shape index (κ2) is 6.22. The van der Waals surface area contributed by atoms with E-state index in [2.05, 4.69) is 34.2 Å². The van der Waals surface area contributed by atoms with E-state index in [9.17, 15) is 0 Å². The standard InChI is InChI=1S/C18H22ClN5/c1-3-23-6-4-13(5-7-23)16-9-18-14(8-17(16)19)10-21-24(18)15-11-20-22(2)12-15/h8-13H,3-7H2,1-2H3. The Bertz CT molecular complexity index is 858. The summed E-state index contributed by atoms with van der Waals surface area (Å²) < 4.78 is 3.74. The van der Waals surface area contributed by atoms with Crippen molar-refractivity contribution in [2.24, 2.45) is 7.05 Å². The van der Waals surface area contributed by atoms with E-state index in [4.69, 9.17) is 11.6 Å². The number of hydrogen-bond acceptors (Lipinski definition) is 3. The summed E-state index contributed by atoms with van der Waals surface area (Å²) in [6.45, 7) is 5.66. The minimum Gasteiger partial charge on any atom is -0.304 e. The van der Waals surface area contributed by atoms with Gasteiger partial charge in [-0.1, -0.05) is 18.5 Å². The predicted octanol–water partition coefficient (Wildman–Crippen LogP) is 3.61. The molecule has 3 heterocycles. The van der Waals surface area contributed by atoms with Gasteiger partial charge in [-0.05, 0) is 56.1 Å². The molecule has 1 aromatic carbocycles. The molecule has 1 fully saturated rings. The van der Waals surface area contributed by atoms with Crippen LogP contribution in [0.5, 0.6) is 0 Å². The average molecular weight is 344 g/mol. The first-order valence-electron chi connectivity index (χ1n) is 8.54. The first-order valence-corrected chi connectivity index (χ1v) is 8.92. The number of benzene rings is 1. The van der Waals surface area contributed by atoms with Crippen molar-refractivity contribution in [1.29, 1.82) is 0 Å². The normalized spacial score (nSPS) is 17.0. The van der Waals surface area contributed by atoms with Crippen LogP contribution >= 0.6 is 11.6 Å². The zero-order valence-electron chi connectivity index (χ0n) is 14.1. The third-order valence-electron chi connectivity index (χ3n) is 5.10. The molecule has 6 heteroatoms. The quantitative estimate of drug-likeness (QED) is 0.729. The topological polar surface area (TPSA) is 38.9 Å². The van der Waals surface area contributed by atoms with Crippen molar-refractivity contribution < 1.29 is 0 Å². The van der Waals surface area contributed by atoms with Crippen molar-refractivity contribution in [3.63, 3.8) is 0 Å². The molecule has 1 aliphatic rings. The van der Waals surface area contributed by atoms with Gasteiger partial charge in [-0.25, -0.2) is 4.68 Å². The number of halogens is 1. The first-order chi connectivity index (χ1) is 11.7. The largest absolute Gasteiger partial charge is 0.304 e. The Morgan fingerprint density at radius 2 is 1.96 bits per heavy atom. The van der Waals surface area contributed by atoms with Crippen molar-refractivity contribution in [2.75, 3.05) is 19.6 Å². The van der Waals surface area contributed by atoms with Gasteiger partial charge in [0.25, 0.3) is 0 Å². The van der Waals surface area contributed by atoms with Crippen LogP contribution in [0, 0.1) is 0 Å². The van der Waals surface area contributed by atoms with Crippen LogP contribution in [0.25, 0.3) is 16.6 Å². The lowest BCUT2D eigenvalue weighted by atomic mass is 9.89. The molecule has 2 aromatic heterocycles. The van der Waals surface area contributed by atoms with E-state index in [1.54, 1.807) is 4.68 Å². The minimum absolute atomic E-state index is 0.530. The highest BCUT2D eigenvalue weighted by atomic mass is 35.5. The lowest BCUT2D eigenvalue weighted by Crippen LogP contribution is -2.32. The van der Waals surface area contributed by atoms with Crippen LogP contribution < -0.4 is 0 Å². The highest BCUT2D eigenvalue weighted by Gasteiger charge is 2.22. The van der Waals surface area contributed by atoms with Gasteiger partial charge in [-0.3, -0.25) is 4.68 Å². The van der Waals surface area contributed by atoms with Crippen LogP contribution in [-0.2, 0) is 7.05 Å². The predicted molar refractivity (Wildman–Crippen MR) is 96.9 cm³/mol. The molecule has 0 atom stereocenters. The Balaban J connectivity index is 1.73. The molecule has 3 aromatic rings. The summed E-state index contributed by atoms with van der Waals surface area (Å²) in [5.41, 5.74) is 3.33. The fraction of sp³-hybridized carbons (Fsp3) is 0.444. The van der Waals surface area contributed by atoms with Crippen molar-refractivity contribution in [3.8, 4) is 5.69 Å². The summed E-state index contributed by atoms with van der Waals surface area (Å²) in [4.78, 5) is 2.50. The van der Waals surface area contributed by atoms with E-state index >= 15 is 0 Å². The number of piperidine rings is 1. The lowest BCUT2D eigenvalue weighted by Gasteiger charge is -2.31. The Kier molecular flexibility index (Phi) is 4.06. The minimum atomic E-state index is 0.530. The second-order valence-electron chi connectivity index (χ2n) is 6.57. The number of rotatable bonds is 3. The van der Waals surface area contributed by atoms with Gasteiger partial charge in [-0.2, -0.15) is 10.2 Å². The summed E-state index contributed by atoms with van der Waals surface area (Å²) in [5, 5.41) is 10.7. The fourth-order valence-corrected chi connectivity index (χ4v) is 3.99. The van der Waals surface area contributed by atoms with Gasteiger partial charge in [0.05, 0.1) is 24.1 Å². The molecule has 0 spiro atoms. The maximum Gasteiger partial charge on any atom is 0.103 e. The maximum atomic E-state index is 6.60. The maximum absolute atomic E-state index is 6.60. The smallest absolute Gasteiger partial charge is 0.103 e. The van der Waals surface area contributed by atoms with E-state index < -0.39 is 0 Å². The molecule has 126 valence electrons. The number of likely N-dealkylation sites (tertiary alicyclic amines) is 1. The Morgan fingerprint density at radius 1 is 1.17 bits per heavy atom. The van der Waals surface area contributed by atoms with E-state index in [1.165, 1.54) is 18.4 Å². The molecule has 1 aliphatic heterocycles. The molecule has 0 N–H and O–H groups in total. The SMILES string of the molecule is CCN1CCC(c2cc3c(cnn3-c3cnn(C)c3)cc2Cl)CC1. The van der Waals surface area contributed by atoms with E-state index in [-0.39, 0.29) is 0 Å². The van der Waals surface area contributed by atoms with E-state index in [0.717, 1.165) is 41.2 Å². The van der Waals surface area contributed by atoms with Crippen LogP contribution in [0.3, 0.4) is 0 Å². The van der Waals surface area contributed by atoms with Gasteiger partial charge < -0.3 is 4.90 Å². The van der Waals surface area contributed by atoms with Crippen molar-refractivity contribution in [3.05, 3.63) is 41.3 Å². The number of aryl methyl sites for hydroxylation is 1. The van der Waals surface area contributed by atoms with Gasteiger partial charge >= 0.3 is 0 Å². The first kappa shape index (κ1) is 15.7. The highest BCUT2D eigenvalue weighted by Crippen LogP contribution is 2.35. The van der Waals surface area contributed by atoms with Crippen molar-refractivity contribution >= 4 is 22.5 Å². The van der Waals surface area contributed by atoms with Gasteiger partial charge in [-0.15, -0.1) is 0 Å². The lowest BCUT2D eigenvalue weighted by molar-refractivity contribution is 0.222. The Hall–Kier alpha value is -1.85. The molecule has 0 bridgehead atoms. The number of aromatic nitrogens is 4. The monoisotopic (exact) mass is 343 g/mol. The number of fused-ring (bicyclic) bond motifs is 1. The highest BCUT2D eigenvalue weighted by molar-refractivity contribution is 6.32. The van der Waals surface area contributed by atoms with Gasteiger partial charge in [0.15, 0.2) is 0 Å². The van der Waals surface area contributed by atoms with E-state index in [1.807, 2.05) is 30.3 Å². The molecule has 5 nitrogen and oxygen atoms in total. The molecule has 24 heavy (non-hydrogen) atoms. The summed E-state index contributed by atoms with van der Waals surface area (Å²) >= 11 is 6.60. The van der Waals surface area contributed by atoms with Crippen LogP contribution in [0.4, 0.5) is 0 Å². The second-order valence-corrected chi connectivity index (χ2v) is 6.98. The molecule has 0 saturated carbocycles. The molecular formula is C18H22ClN5. The van der Waals surface area contributed by atoms with Crippen LogP contribution in [-0.4, -0.2) is 44.1 Å². The number of hydrogen-bond donors (Lipinski definition) is 0. The van der Waals surface area contributed by atoms with Crippen LogP contribution in [0.15, 0.2) is 30.7 Å². The summed E-state index contributed by atoms with van der Waals surface area (Å²) in [6, 6.07) is 4.28. The molecular weight excluding hydrogens is 322 g/mol. The van der Waals surface area contributed by atoms with Crippen molar-refractivity contribution in [2.45, 2.75) is 25.7 Å². The molecule has 0 amide bonds. The summed E-state index contributed by atoms with van der Waals surface area (Å²) in [7, 11) is 1.92. The summed E-state index contributed by atoms with van der Waals surface area (Å²) in [6.07, 6.45) is 8.01. The Morgan fingerprint density at radius 3 is 2.62 bits per heavy atom. The zero-order valence-corrected chi connectivity index (χ0v) is 14.9. The van der Waals surface area contributed by atoms with Crippen molar-refractivity contribution in [1.82, 2.24) is 24.5 Å². The molecule has 4 rings (SSSR count). The average Bonchev–Trinajstić information content (AvgIpc) is 3.20. The third kappa shape index (κ3) is 2.72. The molecule has 0 unspecified atom stereocenters. The molecule has 1 saturated heterocycles. The summed E-state index contributed by atoms with van der Waals surface area (Å²) in [5.74, 6) is 0.530. The molecule has 0 aliphatic carbocycles. The Labute approximate surface area is 146 Å². The van der Waals surface area contributed by atoms with Crippen LogP contribution in [0.1, 0.15) is 31.2 Å². The molecule has 0 radical (unpaired) electrons. The fourth-order valence-electron chi connectivity index (χ4n) is 3.66. The van der Waals surface area contributed by atoms with Gasteiger partial charge in [0.1, 0.15) is 5.69 Å². The number of nitrogens with zero attached hydrogens (tertiary/aromatic N) is 5. The van der Waals surface area contributed by atoms with Gasteiger partial charge in [0.2, 0.25) is 0 Å².